The first-order valence-electron chi connectivity index (χ1n) is 5.89. The highest BCUT2D eigenvalue weighted by molar-refractivity contribution is 6.30. The maximum atomic E-state index is 13.7. The quantitative estimate of drug-likeness (QED) is 0.933. The Hall–Kier alpha value is -1.65. The molecule has 19 heavy (non-hydrogen) atoms. The van der Waals surface area contributed by atoms with Crippen LogP contribution in [0.5, 0.6) is 11.6 Å². The van der Waals surface area contributed by atoms with Gasteiger partial charge in [-0.3, -0.25) is 0 Å². The van der Waals surface area contributed by atoms with E-state index in [2.05, 4.69) is 4.98 Å². The highest BCUT2D eigenvalue weighted by atomic mass is 35.5. The second-order valence-corrected chi connectivity index (χ2v) is 4.57. The van der Waals surface area contributed by atoms with E-state index in [0.717, 1.165) is 17.5 Å². The van der Waals surface area contributed by atoms with Crippen molar-refractivity contribution in [2.45, 2.75) is 13.3 Å². The van der Waals surface area contributed by atoms with Gasteiger partial charge >= 0.3 is 0 Å². The van der Waals surface area contributed by atoms with Gasteiger partial charge in [-0.25, -0.2) is 9.37 Å². The molecule has 0 saturated heterocycles. The second-order valence-electron chi connectivity index (χ2n) is 4.16. The van der Waals surface area contributed by atoms with E-state index in [-0.39, 0.29) is 10.8 Å². The fourth-order valence-electron chi connectivity index (χ4n) is 1.70. The molecule has 0 spiro atoms. The number of aromatic nitrogens is 1. The number of hydrogen-bond acceptors (Lipinski definition) is 3. The topological polar surface area (TPSA) is 48.1 Å². The standard InChI is InChI=1S/C14H14ClFN2O/c1-9-7-10(5-6-17)8-18-14(9)19-12-4-2-3-11(15)13(12)16/h2-4,7-8H,5-6,17H2,1H3. The first-order chi connectivity index (χ1) is 9.11. The van der Waals surface area contributed by atoms with Crippen molar-refractivity contribution < 1.29 is 9.13 Å². The Balaban J connectivity index is 2.26. The minimum Gasteiger partial charge on any atom is -0.436 e. The summed E-state index contributed by atoms with van der Waals surface area (Å²) in [7, 11) is 0. The molecular weight excluding hydrogens is 267 g/mol. The van der Waals surface area contributed by atoms with Gasteiger partial charge < -0.3 is 10.5 Å². The van der Waals surface area contributed by atoms with E-state index in [1.807, 2.05) is 13.0 Å². The van der Waals surface area contributed by atoms with Crippen molar-refractivity contribution in [3.8, 4) is 11.6 Å². The summed E-state index contributed by atoms with van der Waals surface area (Å²) in [5.74, 6) is -0.159. The van der Waals surface area contributed by atoms with Gasteiger partial charge in [-0.1, -0.05) is 17.7 Å². The average molecular weight is 281 g/mol. The van der Waals surface area contributed by atoms with Crippen LogP contribution in [0.1, 0.15) is 11.1 Å². The zero-order valence-corrected chi connectivity index (χ0v) is 11.2. The largest absolute Gasteiger partial charge is 0.436 e. The van der Waals surface area contributed by atoms with E-state index in [1.165, 1.54) is 12.1 Å². The van der Waals surface area contributed by atoms with Gasteiger partial charge in [0.1, 0.15) is 0 Å². The molecule has 0 unspecified atom stereocenters. The second kappa shape index (κ2) is 5.99. The lowest BCUT2D eigenvalue weighted by Crippen LogP contribution is -2.04. The van der Waals surface area contributed by atoms with Gasteiger partial charge in [-0.15, -0.1) is 0 Å². The van der Waals surface area contributed by atoms with Crippen LogP contribution in [0.3, 0.4) is 0 Å². The lowest BCUT2D eigenvalue weighted by atomic mass is 10.1. The molecule has 1 heterocycles. The molecule has 0 saturated carbocycles. The summed E-state index contributed by atoms with van der Waals surface area (Å²) in [5.41, 5.74) is 7.34. The number of aryl methyl sites for hydroxylation is 1. The van der Waals surface area contributed by atoms with Crippen LogP contribution in [0.15, 0.2) is 30.5 Å². The number of rotatable bonds is 4. The first-order valence-corrected chi connectivity index (χ1v) is 6.27. The molecule has 0 fully saturated rings. The molecule has 2 N–H and O–H groups in total. The monoisotopic (exact) mass is 280 g/mol. The molecule has 0 aliphatic heterocycles. The highest BCUT2D eigenvalue weighted by Gasteiger charge is 2.11. The van der Waals surface area contributed by atoms with E-state index < -0.39 is 5.82 Å². The fraction of sp³-hybridized carbons (Fsp3) is 0.214. The molecule has 5 heteroatoms. The maximum absolute atomic E-state index is 13.7. The Bertz CT molecular complexity index is 590. The SMILES string of the molecule is Cc1cc(CCN)cnc1Oc1cccc(Cl)c1F. The summed E-state index contributed by atoms with van der Waals surface area (Å²) >= 11 is 5.70. The van der Waals surface area contributed by atoms with Gasteiger partial charge in [-0.2, -0.15) is 0 Å². The van der Waals surface area contributed by atoms with Gasteiger partial charge in [0.05, 0.1) is 5.02 Å². The van der Waals surface area contributed by atoms with Crippen LogP contribution in [0.25, 0.3) is 0 Å². The first kappa shape index (κ1) is 13.8. The Kier molecular flexibility index (Phi) is 4.35. The molecular formula is C14H14ClFN2O. The zero-order chi connectivity index (χ0) is 13.8. The van der Waals surface area contributed by atoms with Gasteiger partial charge in [0.15, 0.2) is 11.6 Å². The van der Waals surface area contributed by atoms with Crippen molar-refractivity contribution in [3.63, 3.8) is 0 Å². The number of ether oxygens (including phenoxy) is 1. The van der Waals surface area contributed by atoms with Crippen LogP contribution in [0.2, 0.25) is 5.02 Å². The molecule has 0 aliphatic rings. The minimum atomic E-state index is -0.587. The van der Waals surface area contributed by atoms with E-state index >= 15 is 0 Å². The van der Waals surface area contributed by atoms with Gasteiger partial charge in [0, 0.05) is 11.8 Å². The van der Waals surface area contributed by atoms with Crippen LogP contribution in [-0.2, 0) is 6.42 Å². The summed E-state index contributed by atoms with van der Waals surface area (Å²) in [6.45, 7) is 2.41. The fourth-order valence-corrected chi connectivity index (χ4v) is 1.86. The van der Waals surface area contributed by atoms with Crippen LogP contribution in [0, 0.1) is 12.7 Å². The molecule has 0 bridgehead atoms. The molecule has 100 valence electrons. The summed E-state index contributed by atoms with van der Waals surface area (Å²) in [6.07, 6.45) is 2.43. The van der Waals surface area contributed by atoms with Crippen molar-refractivity contribution in [3.05, 3.63) is 52.4 Å². The third-order valence-electron chi connectivity index (χ3n) is 2.64. The van der Waals surface area contributed by atoms with Gasteiger partial charge in [0.2, 0.25) is 5.88 Å². The molecule has 0 radical (unpaired) electrons. The molecule has 2 aromatic rings. The minimum absolute atomic E-state index is 0.0231. The van der Waals surface area contributed by atoms with Crippen LogP contribution in [0.4, 0.5) is 4.39 Å². The highest BCUT2D eigenvalue weighted by Crippen LogP contribution is 2.29. The van der Waals surface area contributed by atoms with Crippen LogP contribution >= 0.6 is 11.6 Å². The molecule has 0 atom stereocenters. The Morgan fingerprint density at radius 2 is 2.21 bits per heavy atom. The Labute approximate surface area is 116 Å². The smallest absolute Gasteiger partial charge is 0.222 e. The number of nitrogens with two attached hydrogens (primary N) is 1. The van der Waals surface area contributed by atoms with E-state index in [1.54, 1.807) is 12.3 Å². The zero-order valence-electron chi connectivity index (χ0n) is 10.5. The molecule has 1 aromatic heterocycles. The average Bonchev–Trinajstić information content (AvgIpc) is 2.38. The number of pyridine rings is 1. The van der Waals surface area contributed by atoms with E-state index in [9.17, 15) is 4.39 Å². The van der Waals surface area contributed by atoms with Crippen molar-refractivity contribution >= 4 is 11.6 Å². The van der Waals surface area contributed by atoms with Crippen molar-refractivity contribution in [1.82, 2.24) is 4.98 Å². The predicted octanol–water partition coefficient (Wildman–Crippen LogP) is 3.48. The number of halogens is 2. The lowest BCUT2D eigenvalue weighted by molar-refractivity contribution is 0.424. The molecule has 1 aromatic carbocycles. The van der Waals surface area contributed by atoms with Crippen LogP contribution in [-0.4, -0.2) is 11.5 Å². The van der Waals surface area contributed by atoms with Gasteiger partial charge in [-0.05, 0) is 43.7 Å². The Morgan fingerprint density at radius 1 is 1.42 bits per heavy atom. The van der Waals surface area contributed by atoms with Crippen molar-refractivity contribution in [1.29, 1.82) is 0 Å². The van der Waals surface area contributed by atoms with Crippen molar-refractivity contribution in [2.75, 3.05) is 6.54 Å². The molecule has 2 rings (SSSR count). The number of nitrogens with zero attached hydrogens (tertiary/aromatic N) is 1. The van der Waals surface area contributed by atoms with E-state index in [0.29, 0.717) is 12.4 Å². The molecule has 0 aliphatic carbocycles. The molecule has 0 amide bonds. The predicted molar refractivity (Wildman–Crippen MR) is 73.2 cm³/mol. The molecule has 3 nitrogen and oxygen atoms in total. The third kappa shape index (κ3) is 3.22. The summed E-state index contributed by atoms with van der Waals surface area (Å²) < 4.78 is 19.2. The Morgan fingerprint density at radius 3 is 2.89 bits per heavy atom. The third-order valence-corrected chi connectivity index (χ3v) is 2.93. The van der Waals surface area contributed by atoms with E-state index in [4.69, 9.17) is 22.1 Å². The summed E-state index contributed by atoms with van der Waals surface area (Å²) in [6, 6.07) is 6.53. The number of benzene rings is 1. The normalized spacial score (nSPS) is 10.5. The number of hydrogen-bond donors (Lipinski definition) is 1. The lowest BCUT2D eigenvalue weighted by Gasteiger charge is -2.10. The van der Waals surface area contributed by atoms with Crippen molar-refractivity contribution in [2.24, 2.45) is 5.73 Å². The summed E-state index contributed by atoms with van der Waals surface area (Å²) in [5, 5.41) is 0.0231. The maximum Gasteiger partial charge on any atom is 0.222 e. The summed E-state index contributed by atoms with van der Waals surface area (Å²) in [4.78, 5) is 4.18. The van der Waals surface area contributed by atoms with Gasteiger partial charge in [0.25, 0.3) is 0 Å². The van der Waals surface area contributed by atoms with Crippen LogP contribution < -0.4 is 10.5 Å².